The lowest BCUT2D eigenvalue weighted by atomic mass is 10.1. The molecule has 0 amide bonds. The highest BCUT2D eigenvalue weighted by molar-refractivity contribution is 6.20. The highest BCUT2D eigenvalue weighted by Gasteiger charge is 2.22. The van der Waals surface area contributed by atoms with Gasteiger partial charge in [-0.3, -0.25) is 0 Å². The molecule has 0 radical (unpaired) electrons. The van der Waals surface area contributed by atoms with E-state index in [2.05, 4.69) is 37.4 Å². The summed E-state index contributed by atoms with van der Waals surface area (Å²) in [5.74, 6) is 1.04. The predicted molar refractivity (Wildman–Crippen MR) is 72.1 cm³/mol. The number of hydrogen-bond acceptors (Lipinski definition) is 2. The minimum Gasteiger partial charge on any atom is -0.488 e. The molecule has 2 rings (SSSR count). The van der Waals surface area contributed by atoms with Crippen LogP contribution >= 0.6 is 11.6 Å². The van der Waals surface area contributed by atoms with Gasteiger partial charge in [0.05, 0.1) is 0 Å². The molecule has 0 saturated heterocycles. The highest BCUT2D eigenvalue weighted by Crippen LogP contribution is 2.29. The number of ether oxygens (including phenoxy) is 1. The largest absolute Gasteiger partial charge is 0.488 e. The van der Waals surface area contributed by atoms with Crippen LogP contribution in [0.1, 0.15) is 24.5 Å². The van der Waals surface area contributed by atoms with Crippen LogP contribution in [0.2, 0.25) is 0 Å². The van der Waals surface area contributed by atoms with E-state index in [1.165, 1.54) is 11.1 Å². The van der Waals surface area contributed by atoms with Gasteiger partial charge in [0.15, 0.2) is 0 Å². The van der Waals surface area contributed by atoms with Crippen molar-refractivity contribution >= 4 is 11.6 Å². The van der Waals surface area contributed by atoms with Gasteiger partial charge in [0.2, 0.25) is 0 Å². The van der Waals surface area contributed by atoms with Crippen molar-refractivity contribution in [1.29, 1.82) is 0 Å². The molecular weight excluding hydrogens is 234 g/mol. The van der Waals surface area contributed by atoms with Crippen LogP contribution in [0, 0.1) is 6.92 Å². The third-order valence-electron chi connectivity index (χ3n) is 3.14. The molecule has 0 spiro atoms. The summed E-state index contributed by atoms with van der Waals surface area (Å²) in [5, 5.41) is 3.59. The highest BCUT2D eigenvalue weighted by atomic mass is 35.5. The molecule has 1 aromatic carbocycles. The second-order valence-corrected chi connectivity index (χ2v) is 5.34. The molecule has 1 N–H and O–H groups in total. The van der Waals surface area contributed by atoms with Crippen LogP contribution in [0.3, 0.4) is 0 Å². The molecule has 1 aliphatic rings. The summed E-state index contributed by atoms with van der Waals surface area (Å²) in [6.45, 7) is 5.94. The number of fused-ring (bicyclic) bond motifs is 1. The van der Waals surface area contributed by atoms with E-state index < -0.39 is 0 Å². The van der Waals surface area contributed by atoms with Gasteiger partial charge in [-0.1, -0.05) is 24.6 Å². The number of alkyl halides is 1. The zero-order valence-electron chi connectivity index (χ0n) is 10.5. The van der Waals surface area contributed by atoms with E-state index >= 15 is 0 Å². The van der Waals surface area contributed by atoms with Crippen LogP contribution < -0.4 is 10.1 Å². The summed E-state index contributed by atoms with van der Waals surface area (Å²) in [7, 11) is 0. The summed E-state index contributed by atoms with van der Waals surface area (Å²) in [4.78, 5) is 0. The molecule has 2 atom stereocenters. The third kappa shape index (κ3) is 3.36. The Bertz CT molecular complexity index is 380. The van der Waals surface area contributed by atoms with Crippen LogP contribution in [0.25, 0.3) is 0 Å². The Balaban J connectivity index is 1.80. The van der Waals surface area contributed by atoms with Crippen LogP contribution in [0.4, 0.5) is 0 Å². The fraction of sp³-hybridized carbons (Fsp3) is 0.571. The lowest BCUT2D eigenvalue weighted by Crippen LogP contribution is -2.33. The summed E-state index contributed by atoms with van der Waals surface area (Å²) >= 11 is 6.06. The van der Waals surface area contributed by atoms with E-state index in [0.717, 1.165) is 31.7 Å². The van der Waals surface area contributed by atoms with Crippen molar-refractivity contribution in [2.45, 2.75) is 38.2 Å². The number of halogens is 1. The number of benzene rings is 1. The molecule has 94 valence electrons. The zero-order chi connectivity index (χ0) is 12.3. The molecule has 0 aromatic heterocycles. The van der Waals surface area contributed by atoms with Crippen molar-refractivity contribution in [1.82, 2.24) is 5.32 Å². The molecule has 0 saturated carbocycles. The van der Waals surface area contributed by atoms with Gasteiger partial charge >= 0.3 is 0 Å². The Morgan fingerprint density at radius 1 is 1.53 bits per heavy atom. The standard InChI is InChI=1S/C14H20ClNO/c1-3-12(15)8-16-9-13-7-11-6-10(2)4-5-14(11)17-13/h4-6,12-13,16H,3,7-9H2,1-2H3. The first-order valence-corrected chi connectivity index (χ1v) is 6.73. The third-order valence-corrected chi connectivity index (χ3v) is 3.60. The van der Waals surface area contributed by atoms with Gasteiger partial charge in [-0.05, 0) is 25.0 Å². The van der Waals surface area contributed by atoms with Gasteiger partial charge < -0.3 is 10.1 Å². The predicted octanol–water partition coefficient (Wildman–Crippen LogP) is 2.91. The maximum absolute atomic E-state index is 6.06. The SMILES string of the molecule is CCC(Cl)CNCC1Cc2cc(C)ccc2O1. The number of aryl methyl sites for hydroxylation is 1. The second kappa shape index (κ2) is 5.74. The van der Waals surface area contributed by atoms with Gasteiger partial charge in [-0.2, -0.15) is 0 Å². The minimum absolute atomic E-state index is 0.223. The summed E-state index contributed by atoms with van der Waals surface area (Å²) in [5.41, 5.74) is 2.63. The first-order chi connectivity index (χ1) is 8.19. The minimum atomic E-state index is 0.223. The van der Waals surface area contributed by atoms with Crippen LogP contribution in [0.5, 0.6) is 5.75 Å². The van der Waals surface area contributed by atoms with Crippen molar-refractivity contribution < 1.29 is 4.74 Å². The molecule has 1 aromatic rings. The van der Waals surface area contributed by atoms with Gasteiger partial charge in [-0.25, -0.2) is 0 Å². The normalized spacial score (nSPS) is 19.8. The maximum Gasteiger partial charge on any atom is 0.123 e. The Kier molecular flexibility index (Phi) is 4.30. The van der Waals surface area contributed by atoms with Crippen LogP contribution in [0.15, 0.2) is 18.2 Å². The van der Waals surface area contributed by atoms with E-state index in [0.29, 0.717) is 0 Å². The number of rotatable bonds is 5. The topological polar surface area (TPSA) is 21.3 Å². The van der Waals surface area contributed by atoms with Crippen molar-refractivity contribution in [3.05, 3.63) is 29.3 Å². The summed E-state index contributed by atoms with van der Waals surface area (Å²) in [6, 6.07) is 6.38. The molecule has 0 fully saturated rings. The number of hydrogen-bond donors (Lipinski definition) is 1. The summed E-state index contributed by atoms with van der Waals surface area (Å²) in [6.07, 6.45) is 2.26. The van der Waals surface area contributed by atoms with Crippen LogP contribution in [-0.4, -0.2) is 24.6 Å². The average molecular weight is 254 g/mol. The lowest BCUT2D eigenvalue weighted by Gasteiger charge is -2.13. The van der Waals surface area contributed by atoms with Crippen LogP contribution in [-0.2, 0) is 6.42 Å². The van der Waals surface area contributed by atoms with E-state index in [1.807, 2.05) is 0 Å². The Labute approximate surface area is 108 Å². The molecule has 1 heterocycles. The fourth-order valence-corrected chi connectivity index (χ4v) is 2.22. The molecule has 0 bridgehead atoms. The van der Waals surface area contributed by atoms with Crippen molar-refractivity contribution in [3.63, 3.8) is 0 Å². The Morgan fingerprint density at radius 3 is 3.12 bits per heavy atom. The molecule has 0 aliphatic carbocycles. The number of nitrogens with one attached hydrogen (secondary N) is 1. The van der Waals surface area contributed by atoms with Gasteiger partial charge in [0.25, 0.3) is 0 Å². The molecule has 2 unspecified atom stereocenters. The quantitative estimate of drug-likeness (QED) is 0.815. The zero-order valence-corrected chi connectivity index (χ0v) is 11.3. The van der Waals surface area contributed by atoms with E-state index in [4.69, 9.17) is 16.3 Å². The van der Waals surface area contributed by atoms with Gasteiger partial charge in [0, 0.05) is 24.9 Å². The van der Waals surface area contributed by atoms with E-state index in [-0.39, 0.29) is 11.5 Å². The second-order valence-electron chi connectivity index (χ2n) is 4.72. The first-order valence-electron chi connectivity index (χ1n) is 6.30. The Morgan fingerprint density at radius 2 is 2.35 bits per heavy atom. The van der Waals surface area contributed by atoms with Crippen molar-refractivity contribution in [2.24, 2.45) is 0 Å². The average Bonchev–Trinajstić information content (AvgIpc) is 2.70. The fourth-order valence-electron chi connectivity index (χ4n) is 2.11. The van der Waals surface area contributed by atoms with Gasteiger partial charge in [-0.15, -0.1) is 11.6 Å². The monoisotopic (exact) mass is 253 g/mol. The first kappa shape index (κ1) is 12.7. The molecule has 1 aliphatic heterocycles. The van der Waals surface area contributed by atoms with Crippen molar-refractivity contribution in [2.75, 3.05) is 13.1 Å². The van der Waals surface area contributed by atoms with E-state index in [1.54, 1.807) is 0 Å². The van der Waals surface area contributed by atoms with E-state index in [9.17, 15) is 0 Å². The smallest absolute Gasteiger partial charge is 0.123 e. The molecule has 3 heteroatoms. The molecule has 17 heavy (non-hydrogen) atoms. The van der Waals surface area contributed by atoms with Crippen molar-refractivity contribution in [3.8, 4) is 5.75 Å². The molecular formula is C14H20ClNO. The maximum atomic E-state index is 6.06. The lowest BCUT2D eigenvalue weighted by molar-refractivity contribution is 0.228. The summed E-state index contributed by atoms with van der Waals surface area (Å²) < 4.78 is 5.87. The van der Waals surface area contributed by atoms with Gasteiger partial charge in [0.1, 0.15) is 11.9 Å². The Hall–Kier alpha value is -0.730. The molecule has 2 nitrogen and oxygen atoms in total.